The Morgan fingerprint density at radius 2 is 0.845 bits per heavy atom. The van der Waals surface area contributed by atoms with Gasteiger partial charge in [-0.1, -0.05) is 0 Å². The summed E-state index contributed by atoms with van der Waals surface area (Å²) >= 11 is -2.80. The van der Waals surface area contributed by atoms with Gasteiger partial charge in [-0.25, -0.2) is 0 Å². The average Bonchev–Trinajstić information content (AvgIpc) is 3.80. The third-order valence-electron chi connectivity index (χ3n) is 12.3. The number of rotatable bonds is 8. The van der Waals surface area contributed by atoms with Gasteiger partial charge in [-0.2, -0.15) is 0 Å². The van der Waals surface area contributed by atoms with Crippen molar-refractivity contribution in [2.24, 2.45) is 0 Å². The van der Waals surface area contributed by atoms with Gasteiger partial charge in [0.1, 0.15) is 0 Å². The van der Waals surface area contributed by atoms with Gasteiger partial charge in [-0.05, 0) is 0 Å². The molecule has 0 heterocycles. The summed E-state index contributed by atoms with van der Waals surface area (Å²) in [5.74, 6) is 0. The normalized spacial score (nSPS) is 13.9. The van der Waals surface area contributed by atoms with Crippen LogP contribution >= 0.6 is 0 Å². The quantitative estimate of drug-likeness (QED) is 0.143. The molecule has 1 heteroatoms. The number of fused-ring (bicyclic) bond motifs is 3. The third-order valence-corrected chi connectivity index (χ3v) is 21.0. The fourth-order valence-corrected chi connectivity index (χ4v) is 19.4. The van der Waals surface area contributed by atoms with E-state index in [-0.39, 0.29) is 10.8 Å². The van der Waals surface area contributed by atoms with Crippen molar-refractivity contribution < 1.29 is 21.3 Å². The van der Waals surface area contributed by atoms with E-state index in [0.29, 0.717) is 7.25 Å². The Labute approximate surface area is 357 Å². The molecule has 2 aliphatic carbocycles. The molecule has 8 rings (SSSR count). The van der Waals surface area contributed by atoms with E-state index in [4.69, 9.17) is 0 Å². The van der Waals surface area contributed by atoms with Gasteiger partial charge in [0.05, 0.1) is 0 Å². The molecule has 0 aliphatic heterocycles. The van der Waals surface area contributed by atoms with Crippen LogP contribution in [0.1, 0.15) is 101 Å². The van der Waals surface area contributed by atoms with Crippen molar-refractivity contribution in [3.63, 3.8) is 0 Å². The van der Waals surface area contributed by atoms with Crippen LogP contribution in [-0.2, 0) is 44.9 Å². The summed E-state index contributed by atoms with van der Waals surface area (Å²) in [7, 11) is 0. The van der Waals surface area contributed by atoms with E-state index in [1.54, 1.807) is 14.3 Å². The van der Waals surface area contributed by atoms with Crippen LogP contribution in [0, 0.1) is 27.7 Å². The van der Waals surface area contributed by atoms with Crippen molar-refractivity contribution >= 4 is 3.21 Å². The summed E-state index contributed by atoms with van der Waals surface area (Å²) in [6, 6.07) is 47.6. The molecule has 0 nitrogen and oxygen atoms in total. The molecule has 0 saturated carbocycles. The molecular weight excluding hydrogens is 776 g/mol. The van der Waals surface area contributed by atoms with E-state index in [2.05, 4.69) is 215 Å². The van der Waals surface area contributed by atoms with Crippen LogP contribution in [0.3, 0.4) is 0 Å². The Balaban J connectivity index is 1.51. The van der Waals surface area contributed by atoms with Crippen LogP contribution in [0.2, 0.25) is 3.63 Å². The van der Waals surface area contributed by atoms with Gasteiger partial charge >= 0.3 is 359 Å². The Morgan fingerprint density at radius 3 is 1.21 bits per heavy atom. The van der Waals surface area contributed by atoms with Gasteiger partial charge in [0.25, 0.3) is 0 Å². The first-order valence-corrected chi connectivity index (χ1v) is 25.4. The van der Waals surface area contributed by atoms with Crippen molar-refractivity contribution in [2.75, 3.05) is 0 Å². The van der Waals surface area contributed by atoms with Crippen LogP contribution in [0.15, 0.2) is 146 Å². The fraction of sp³-hybridized carbons (Fsp3) is 0.281. The number of allylic oxidation sites excluding steroid dienone is 4. The Bertz CT molecular complexity index is 2380. The molecule has 6 aromatic rings. The van der Waals surface area contributed by atoms with Gasteiger partial charge in [-0.3, -0.25) is 0 Å². The topological polar surface area (TPSA) is 0 Å². The average molecular weight is 836 g/mol. The molecule has 2 aliphatic rings. The monoisotopic (exact) mass is 834 g/mol. The zero-order valence-corrected chi connectivity index (χ0v) is 38.9. The van der Waals surface area contributed by atoms with E-state index in [0.717, 1.165) is 12.8 Å². The second-order valence-electron chi connectivity index (χ2n) is 19.3. The molecule has 58 heavy (non-hydrogen) atoms. The molecule has 0 radical (unpaired) electrons. The third kappa shape index (κ3) is 8.23. The summed E-state index contributed by atoms with van der Waals surface area (Å²) in [5, 5.41) is 0. The molecule has 0 N–H and O–H groups in total. The number of hydrogen-bond donors (Lipinski definition) is 0. The molecule has 0 aromatic heterocycles. The van der Waals surface area contributed by atoms with Gasteiger partial charge in [0.15, 0.2) is 0 Å². The molecule has 0 fully saturated rings. The van der Waals surface area contributed by atoms with Crippen molar-refractivity contribution in [3.8, 4) is 33.4 Å². The summed E-state index contributed by atoms with van der Waals surface area (Å²) in [5.41, 5.74) is 22.4. The zero-order chi connectivity index (χ0) is 40.9. The van der Waals surface area contributed by atoms with E-state index >= 15 is 0 Å². The van der Waals surface area contributed by atoms with E-state index in [1.807, 2.05) is 0 Å². The first-order chi connectivity index (χ1) is 27.6. The number of benzene rings is 6. The molecule has 0 spiro atoms. The van der Waals surface area contributed by atoms with Crippen LogP contribution in [0.5, 0.6) is 0 Å². The second kappa shape index (κ2) is 16.0. The van der Waals surface area contributed by atoms with E-state index in [9.17, 15) is 0 Å². The molecule has 6 aromatic carbocycles. The predicted molar refractivity (Wildman–Crippen MR) is 248 cm³/mol. The molecule has 0 saturated heterocycles. The molecule has 0 amide bonds. The summed E-state index contributed by atoms with van der Waals surface area (Å²) in [6.45, 7) is 23.4. The standard InChI is InChI=1S/C37H41.C15H14.C5H5.Zr/c1-22-11-23(2)14-26(13-22)32-18-28-17-29-19-33(27-15-24(3)12-25(4)16-27)35(37(8,9)10)21-31(29)30(28)20-34(32)36(5,6)7;1-3-8-14(9-4-1)12-7-13-15-10-5-2-6-11-15;1-2-4-5-3-1;/h11-21H,1-10H3;1-6,8-11H,12-13H2;1-5H;. The van der Waals surface area contributed by atoms with Gasteiger partial charge in [-0.15, -0.1) is 0 Å². The first kappa shape index (κ1) is 40.3. The summed E-state index contributed by atoms with van der Waals surface area (Å²) in [4.78, 5) is 0. The number of hydrogen-bond acceptors (Lipinski definition) is 0. The van der Waals surface area contributed by atoms with Gasteiger partial charge in [0, 0.05) is 0 Å². The molecule has 0 atom stereocenters. The molecule has 0 unspecified atom stereocenters. The summed E-state index contributed by atoms with van der Waals surface area (Å²) in [6.07, 6.45) is 11.8. The molecular formula is C57H60Zr. The van der Waals surface area contributed by atoms with Crippen molar-refractivity contribution in [1.82, 2.24) is 0 Å². The first-order valence-electron chi connectivity index (χ1n) is 21.3. The molecule has 0 bridgehead atoms. The minimum absolute atomic E-state index is 0.0391. The minimum atomic E-state index is -2.80. The van der Waals surface area contributed by atoms with E-state index < -0.39 is 21.3 Å². The van der Waals surface area contributed by atoms with Gasteiger partial charge < -0.3 is 0 Å². The van der Waals surface area contributed by atoms with Crippen LogP contribution in [0.25, 0.3) is 33.4 Å². The van der Waals surface area contributed by atoms with Crippen LogP contribution < -0.4 is 0 Å². The fourth-order valence-electron chi connectivity index (χ4n) is 9.88. The van der Waals surface area contributed by atoms with Crippen LogP contribution in [-0.4, -0.2) is 3.21 Å². The zero-order valence-electron chi connectivity index (χ0n) is 36.4. The predicted octanol–water partition coefficient (Wildman–Crippen LogP) is 15.1. The molecule has 292 valence electrons. The Morgan fingerprint density at radius 1 is 0.466 bits per heavy atom. The number of aryl methyl sites for hydroxylation is 4. The maximum absolute atomic E-state index is 2.80. The van der Waals surface area contributed by atoms with E-state index in [1.165, 1.54) is 77.9 Å². The SMILES string of the molecule is Cc1cc(C)cc(-c2cc3c(cc2C(C)(C)C)-c2cc(C(C)(C)C)c(-c4cc(C)cc(C)c4)cc2[CH]3[Zr](=[C](Cc2ccccc2)Cc2ccccc2)[CH]2C=CC=C2)c1. The van der Waals surface area contributed by atoms with Crippen molar-refractivity contribution in [3.05, 3.63) is 201 Å². The van der Waals surface area contributed by atoms with Crippen molar-refractivity contribution in [1.29, 1.82) is 0 Å². The summed E-state index contributed by atoms with van der Waals surface area (Å²) < 4.78 is 2.60. The van der Waals surface area contributed by atoms with Crippen LogP contribution in [0.4, 0.5) is 0 Å². The van der Waals surface area contributed by atoms with Crippen molar-refractivity contribution in [2.45, 2.75) is 100 Å². The second-order valence-corrected chi connectivity index (χ2v) is 26.4. The maximum atomic E-state index is 2.69. The van der Waals surface area contributed by atoms with Gasteiger partial charge in [0.2, 0.25) is 0 Å². The Kier molecular flexibility index (Phi) is 11.1. The Hall–Kier alpha value is -4.45.